The first-order chi connectivity index (χ1) is 12.4. The summed E-state index contributed by atoms with van der Waals surface area (Å²) in [6.07, 6.45) is 1.000. The second-order valence-electron chi connectivity index (χ2n) is 8.19. The van der Waals surface area contributed by atoms with Crippen LogP contribution in [0.4, 0.5) is 0 Å². The van der Waals surface area contributed by atoms with Gasteiger partial charge in [0, 0.05) is 9.49 Å². The minimum absolute atomic E-state index is 0.0710. The molecule has 1 aliphatic rings. The molecule has 26 heavy (non-hydrogen) atoms. The Morgan fingerprint density at radius 2 is 1.23 bits per heavy atom. The molecule has 0 aliphatic carbocycles. The molecule has 132 valence electrons. The lowest BCUT2D eigenvalue weighted by molar-refractivity contribution is 0.695. The lowest BCUT2D eigenvalue weighted by Gasteiger charge is -2.39. The molecule has 1 heterocycles. The van der Waals surface area contributed by atoms with E-state index in [4.69, 9.17) is 0 Å². The Hall–Kier alpha value is -1.99. The monoisotopic (exact) mass is 358 g/mol. The van der Waals surface area contributed by atoms with Gasteiger partial charge in [-0.1, -0.05) is 72.8 Å². The van der Waals surface area contributed by atoms with Crippen LogP contribution in [-0.2, 0) is 15.9 Å². The van der Waals surface area contributed by atoms with E-state index < -0.39 is 0 Å². The number of hydrogen-bond donors (Lipinski definition) is 0. The van der Waals surface area contributed by atoms with E-state index >= 15 is 0 Å². The summed E-state index contributed by atoms with van der Waals surface area (Å²) in [4.78, 5) is 0. The van der Waals surface area contributed by atoms with Crippen molar-refractivity contribution < 1.29 is 0 Å². The SMILES string of the molecule is CC1(C)SC(C)(C)c2ccc(-c3ccccc3)cc2Cc2ccccc21. The normalized spacial score (nSPS) is 17.5. The van der Waals surface area contributed by atoms with Crippen LogP contribution in [0.15, 0.2) is 72.8 Å². The maximum atomic E-state index is 2.40. The average molecular weight is 359 g/mol. The second kappa shape index (κ2) is 6.32. The Bertz CT molecular complexity index is 935. The van der Waals surface area contributed by atoms with E-state index in [-0.39, 0.29) is 9.49 Å². The molecule has 3 aromatic carbocycles. The molecular formula is C25H26S. The summed E-state index contributed by atoms with van der Waals surface area (Å²) in [6.45, 7) is 9.46. The summed E-state index contributed by atoms with van der Waals surface area (Å²) in [5.74, 6) is 0. The molecule has 0 amide bonds. The van der Waals surface area contributed by atoms with Gasteiger partial charge >= 0.3 is 0 Å². The van der Waals surface area contributed by atoms with Gasteiger partial charge in [-0.25, -0.2) is 0 Å². The number of hydrogen-bond acceptors (Lipinski definition) is 1. The molecule has 1 heteroatoms. The standard InChI is InChI=1S/C25H26S/c1-24(2)22-13-9-8-12-20(22)17-21-16-19(18-10-6-5-7-11-18)14-15-23(21)25(3,4)26-24/h5-16H,17H2,1-4H3. The zero-order chi connectivity index (χ0) is 18.4. The Morgan fingerprint density at radius 3 is 1.96 bits per heavy atom. The van der Waals surface area contributed by atoms with Crippen LogP contribution in [0.1, 0.15) is 49.9 Å². The van der Waals surface area contributed by atoms with Crippen molar-refractivity contribution in [3.8, 4) is 11.1 Å². The second-order valence-corrected chi connectivity index (χ2v) is 10.4. The summed E-state index contributed by atoms with van der Waals surface area (Å²) in [5, 5.41) is 0. The highest BCUT2D eigenvalue weighted by molar-refractivity contribution is 8.01. The van der Waals surface area contributed by atoms with Gasteiger partial charge in [0.15, 0.2) is 0 Å². The molecule has 0 radical (unpaired) electrons. The highest BCUT2D eigenvalue weighted by atomic mass is 32.2. The van der Waals surface area contributed by atoms with Crippen LogP contribution in [0.3, 0.4) is 0 Å². The Labute approximate surface area is 161 Å². The van der Waals surface area contributed by atoms with Gasteiger partial charge in [-0.15, -0.1) is 11.8 Å². The summed E-state index contributed by atoms with van der Waals surface area (Å²) in [5.41, 5.74) is 8.43. The van der Waals surface area contributed by atoms with Crippen LogP contribution in [0.25, 0.3) is 11.1 Å². The number of fused-ring (bicyclic) bond motifs is 2. The van der Waals surface area contributed by atoms with Crippen molar-refractivity contribution in [2.45, 2.75) is 43.6 Å². The molecular weight excluding hydrogens is 332 g/mol. The first kappa shape index (κ1) is 17.4. The van der Waals surface area contributed by atoms with Crippen molar-refractivity contribution in [2.75, 3.05) is 0 Å². The van der Waals surface area contributed by atoms with Crippen molar-refractivity contribution in [3.63, 3.8) is 0 Å². The Balaban J connectivity index is 1.89. The van der Waals surface area contributed by atoms with Crippen molar-refractivity contribution in [3.05, 3.63) is 95.1 Å². The van der Waals surface area contributed by atoms with E-state index in [0.717, 1.165) is 6.42 Å². The van der Waals surface area contributed by atoms with Gasteiger partial charge in [0.05, 0.1) is 0 Å². The predicted octanol–water partition coefficient (Wildman–Crippen LogP) is 7.16. The molecule has 0 aromatic heterocycles. The topological polar surface area (TPSA) is 0 Å². The van der Waals surface area contributed by atoms with Gasteiger partial charge in [0.2, 0.25) is 0 Å². The minimum Gasteiger partial charge on any atom is -0.140 e. The summed E-state index contributed by atoms with van der Waals surface area (Å²) >= 11 is 2.07. The van der Waals surface area contributed by atoms with Crippen molar-refractivity contribution in [1.82, 2.24) is 0 Å². The molecule has 4 rings (SSSR count). The van der Waals surface area contributed by atoms with Gasteiger partial charge < -0.3 is 0 Å². The van der Waals surface area contributed by atoms with E-state index in [1.807, 2.05) is 0 Å². The molecule has 0 bridgehead atoms. The van der Waals surface area contributed by atoms with E-state index in [1.54, 1.807) is 0 Å². The van der Waals surface area contributed by atoms with E-state index in [1.165, 1.54) is 33.4 Å². The highest BCUT2D eigenvalue weighted by Crippen LogP contribution is 2.52. The third kappa shape index (κ3) is 3.10. The molecule has 0 N–H and O–H groups in total. The number of benzene rings is 3. The van der Waals surface area contributed by atoms with Crippen LogP contribution >= 0.6 is 11.8 Å². The molecule has 0 fully saturated rings. The quantitative estimate of drug-likeness (QED) is 0.444. The smallest absolute Gasteiger partial charge is 0.0363 e. The zero-order valence-corrected chi connectivity index (χ0v) is 16.9. The van der Waals surface area contributed by atoms with E-state index in [0.29, 0.717) is 0 Å². The first-order valence-electron chi connectivity index (χ1n) is 9.34. The van der Waals surface area contributed by atoms with Crippen molar-refractivity contribution in [2.24, 2.45) is 0 Å². The highest BCUT2D eigenvalue weighted by Gasteiger charge is 2.36. The van der Waals surface area contributed by atoms with Crippen molar-refractivity contribution in [1.29, 1.82) is 0 Å². The van der Waals surface area contributed by atoms with Gasteiger partial charge in [-0.2, -0.15) is 0 Å². The number of thioether (sulfide) groups is 1. The van der Waals surface area contributed by atoms with Crippen molar-refractivity contribution >= 4 is 11.8 Å². The molecule has 3 aromatic rings. The van der Waals surface area contributed by atoms with Gasteiger partial charge in [0.1, 0.15) is 0 Å². The fourth-order valence-electron chi connectivity index (χ4n) is 4.35. The zero-order valence-electron chi connectivity index (χ0n) is 16.0. The van der Waals surface area contributed by atoms with Crippen LogP contribution in [0, 0.1) is 0 Å². The Morgan fingerprint density at radius 1 is 0.615 bits per heavy atom. The van der Waals surface area contributed by atoms with Crippen LogP contribution in [0.5, 0.6) is 0 Å². The maximum absolute atomic E-state index is 2.40. The van der Waals surface area contributed by atoms with Gasteiger partial charge in [-0.3, -0.25) is 0 Å². The first-order valence-corrected chi connectivity index (χ1v) is 10.2. The summed E-state index contributed by atoms with van der Waals surface area (Å²) in [7, 11) is 0. The lowest BCUT2D eigenvalue weighted by atomic mass is 9.86. The Kier molecular flexibility index (Phi) is 4.23. The molecule has 1 aliphatic heterocycles. The third-order valence-corrected chi connectivity index (χ3v) is 6.88. The number of rotatable bonds is 1. The molecule has 0 spiro atoms. The summed E-state index contributed by atoms with van der Waals surface area (Å²) < 4.78 is 0.164. The molecule has 0 saturated heterocycles. The minimum atomic E-state index is 0.0710. The molecule has 0 saturated carbocycles. The van der Waals surface area contributed by atoms with Crippen LogP contribution < -0.4 is 0 Å². The largest absolute Gasteiger partial charge is 0.140 e. The average Bonchev–Trinajstić information content (AvgIpc) is 2.61. The maximum Gasteiger partial charge on any atom is 0.0363 e. The van der Waals surface area contributed by atoms with Gasteiger partial charge in [0.25, 0.3) is 0 Å². The summed E-state index contributed by atoms with van der Waals surface area (Å²) in [6, 6.07) is 26.7. The lowest BCUT2D eigenvalue weighted by Crippen LogP contribution is -2.27. The molecule has 0 nitrogen and oxygen atoms in total. The van der Waals surface area contributed by atoms with Crippen LogP contribution in [-0.4, -0.2) is 0 Å². The fraction of sp³-hybridized carbons (Fsp3) is 0.280. The van der Waals surface area contributed by atoms with E-state index in [2.05, 4.69) is 112 Å². The molecule has 0 atom stereocenters. The fourth-order valence-corrected chi connectivity index (χ4v) is 6.25. The van der Waals surface area contributed by atoms with Gasteiger partial charge in [-0.05, 0) is 67.5 Å². The van der Waals surface area contributed by atoms with Crippen LogP contribution in [0.2, 0.25) is 0 Å². The van der Waals surface area contributed by atoms with E-state index in [9.17, 15) is 0 Å². The molecule has 0 unspecified atom stereocenters. The predicted molar refractivity (Wildman–Crippen MR) is 115 cm³/mol. The third-order valence-electron chi connectivity index (χ3n) is 5.42.